The Morgan fingerprint density at radius 2 is 2.00 bits per heavy atom. The fraction of sp³-hybridized carbons (Fsp3) is 0.533. The van der Waals surface area contributed by atoms with Crippen molar-refractivity contribution in [1.29, 1.82) is 5.26 Å². The number of rotatable bonds is 2. The molecule has 1 fully saturated rings. The molecule has 1 aromatic rings. The lowest BCUT2D eigenvalue weighted by Gasteiger charge is -2.14. The Labute approximate surface area is 98.1 Å². The summed E-state index contributed by atoms with van der Waals surface area (Å²) in [4.78, 5) is 0. The van der Waals surface area contributed by atoms with E-state index in [1.165, 1.54) is 42.4 Å². The standard InChI is InChI=1S/C15H19N/c1-11-9-14(13-5-3-4-6-13)7-8-15(11)12(2)10-16/h7-9,12-13H,3-6H2,1-2H3. The summed E-state index contributed by atoms with van der Waals surface area (Å²) in [7, 11) is 0. The van der Waals surface area contributed by atoms with Crippen molar-refractivity contribution in [2.75, 3.05) is 0 Å². The van der Waals surface area contributed by atoms with Crippen molar-refractivity contribution in [3.8, 4) is 6.07 Å². The van der Waals surface area contributed by atoms with Crippen LogP contribution >= 0.6 is 0 Å². The van der Waals surface area contributed by atoms with Gasteiger partial charge in [-0.1, -0.05) is 31.0 Å². The fourth-order valence-electron chi connectivity index (χ4n) is 2.77. The van der Waals surface area contributed by atoms with Gasteiger partial charge < -0.3 is 0 Å². The Morgan fingerprint density at radius 3 is 2.56 bits per heavy atom. The topological polar surface area (TPSA) is 23.8 Å². The second-order valence-electron chi connectivity index (χ2n) is 4.95. The Kier molecular flexibility index (Phi) is 3.29. The van der Waals surface area contributed by atoms with Gasteiger partial charge in [0.1, 0.15) is 0 Å². The lowest BCUT2D eigenvalue weighted by Crippen LogP contribution is -1.98. The van der Waals surface area contributed by atoms with Gasteiger partial charge in [0, 0.05) is 0 Å². The third kappa shape index (κ3) is 2.11. The second kappa shape index (κ2) is 4.70. The normalized spacial score (nSPS) is 18.3. The summed E-state index contributed by atoms with van der Waals surface area (Å²) < 4.78 is 0. The predicted octanol–water partition coefficient (Wildman–Crippen LogP) is 4.28. The van der Waals surface area contributed by atoms with Gasteiger partial charge in [0.2, 0.25) is 0 Å². The first-order valence-corrected chi connectivity index (χ1v) is 6.22. The molecule has 0 N–H and O–H groups in total. The summed E-state index contributed by atoms with van der Waals surface area (Å²) in [5.41, 5.74) is 3.94. The molecule has 0 radical (unpaired) electrons. The zero-order valence-electron chi connectivity index (χ0n) is 10.2. The van der Waals surface area contributed by atoms with Crippen LogP contribution in [0.1, 0.15) is 61.1 Å². The third-order valence-electron chi connectivity index (χ3n) is 3.78. The van der Waals surface area contributed by atoms with Gasteiger partial charge in [0.05, 0.1) is 12.0 Å². The maximum absolute atomic E-state index is 8.94. The summed E-state index contributed by atoms with van der Waals surface area (Å²) in [6.45, 7) is 4.10. The van der Waals surface area contributed by atoms with E-state index in [0.29, 0.717) is 0 Å². The Bertz CT molecular complexity index is 408. The minimum Gasteiger partial charge on any atom is -0.198 e. The Hall–Kier alpha value is -1.29. The zero-order chi connectivity index (χ0) is 11.5. The van der Waals surface area contributed by atoms with Crippen LogP contribution in [0.4, 0.5) is 0 Å². The van der Waals surface area contributed by atoms with Gasteiger partial charge in [-0.15, -0.1) is 0 Å². The van der Waals surface area contributed by atoms with Crippen molar-refractivity contribution in [1.82, 2.24) is 0 Å². The second-order valence-corrected chi connectivity index (χ2v) is 4.95. The highest BCUT2D eigenvalue weighted by Crippen LogP contribution is 2.35. The number of benzene rings is 1. The molecule has 1 aromatic carbocycles. The van der Waals surface area contributed by atoms with Crippen molar-refractivity contribution in [3.63, 3.8) is 0 Å². The SMILES string of the molecule is Cc1cc(C2CCCC2)ccc1C(C)C#N. The summed E-state index contributed by atoms with van der Waals surface area (Å²) >= 11 is 0. The molecule has 0 heterocycles. The van der Waals surface area contributed by atoms with Crippen molar-refractivity contribution in [2.45, 2.75) is 51.4 Å². The van der Waals surface area contributed by atoms with Crippen molar-refractivity contribution in [3.05, 3.63) is 34.9 Å². The molecule has 1 unspecified atom stereocenters. The highest BCUT2D eigenvalue weighted by Gasteiger charge is 2.18. The number of nitrogens with zero attached hydrogens (tertiary/aromatic N) is 1. The van der Waals surface area contributed by atoms with Crippen molar-refractivity contribution >= 4 is 0 Å². The summed E-state index contributed by atoms with van der Waals surface area (Å²) in [6.07, 6.45) is 5.43. The average Bonchev–Trinajstić information content (AvgIpc) is 2.81. The van der Waals surface area contributed by atoms with Crippen LogP contribution in [0.5, 0.6) is 0 Å². The van der Waals surface area contributed by atoms with E-state index in [2.05, 4.69) is 31.2 Å². The quantitative estimate of drug-likeness (QED) is 0.719. The van der Waals surface area contributed by atoms with Crippen molar-refractivity contribution in [2.24, 2.45) is 0 Å². The van der Waals surface area contributed by atoms with Crippen molar-refractivity contribution < 1.29 is 0 Å². The van der Waals surface area contributed by atoms with E-state index in [1.54, 1.807) is 0 Å². The molecule has 1 heteroatoms. The Balaban J connectivity index is 2.25. The minimum atomic E-state index is 0.0117. The minimum absolute atomic E-state index is 0.0117. The molecule has 0 bridgehead atoms. The van der Waals surface area contributed by atoms with Gasteiger partial charge in [0.15, 0.2) is 0 Å². The van der Waals surface area contributed by atoms with Gasteiger partial charge in [0.25, 0.3) is 0 Å². The lowest BCUT2D eigenvalue weighted by molar-refractivity contribution is 0.721. The molecule has 1 atom stereocenters. The lowest BCUT2D eigenvalue weighted by atomic mass is 9.90. The molecule has 1 nitrogen and oxygen atoms in total. The zero-order valence-corrected chi connectivity index (χ0v) is 10.2. The number of hydrogen-bond acceptors (Lipinski definition) is 1. The maximum atomic E-state index is 8.94. The summed E-state index contributed by atoms with van der Waals surface area (Å²) in [6, 6.07) is 8.98. The molecule has 84 valence electrons. The van der Waals surface area contributed by atoms with Crippen LogP contribution in [0.15, 0.2) is 18.2 Å². The van der Waals surface area contributed by atoms with E-state index >= 15 is 0 Å². The first-order chi connectivity index (χ1) is 7.72. The highest BCUT2D eigenvalue weighted by atomic mass is 14.3. The van der Waals surface area contributed by atoms with Crippen LogP contribution in [0.2, 0.25) is 0 Å². The summed E-state index contributed by atoms with van der Waals surface area (Å²) in [5, 5.41) is 8.94. The molecule has 16 heavy (non-hydrogen) atoms. The van der Waals surface area contributed by atoms with Gasteiger partial charge in [-0.05, 0) is 49.3 Å². The Morgan fingerprint density at radius 1 is 1.31 bits per heavy atom. The number of hydrogen-bond donors (Lipinski definition) is 0. The summed E-state index contributed by atoms with van der Waals surface area (Å²) in [5.74, 6) is 0.780. The molecule has 0 aromatic heterocycles. The van der Waals surface area contributed by atoms with Crippen LogP contribution in [0.25, 0.3) is 0 Å². The fourth-order valence-corrected chi connectivity index (χ4v) is 2.77. The third-order valence-corrected chi connectivity index (χ3v) is 3.78. The molecule has 1 saturated carbocycles. The van der Waals surface area contributed by atoms with Gasteiger partial charge in [-0.2, -0.15) is 5.26 Å². The van der Waals surface area contributed by atoms with Crippen LogP contribution in [0.3, 0.4) is 0 Å². The molecule has 0 saturated heterocycles. The number of nitriles is 1. The molecule has 0 spiro atoms. The first-order valence-electron chi connectivity index (χ1n) is 6.22. The van der Waals surface area contributed by atoms with Gasteiger partial charge in [-0.3, -0.25) is 0 Å². The monoisotopic (exact) mass is 213 g/mol. The van der Waals surface area contributed by atoms with E-state index < -0.39 is 0 Å². The average molecular weight is 213 g/mol. The largest absolute Gasteiger partial charge is 0.198 e. The van der Waals surface area contributed by atoms with E-state index in [4.69, 9.17) is 5.26 Å². The van der Waals surface area contributed by atoms with Crippen LogP contribution in [0, 0.1) is 18.3 Å². The van der Waals surface area contributed by atoms with Crippen LogP contribution < -0.4 is 0 Å². The smallest absolute Gasteiger partial charge is 0.0700 e. The van der Waals surface area contributed by atoms with E-state index in [-0.39, 0.29) is 5.92 Å². The molecular weight excluding hydrogens is 194 g/mol. The highest BCUT2D eigenvalue weighted by molar-refractivity contribution is 5.37. The molecule has 1 aliphatic rings. The van der Waals surface area contributed by atoms with E-state index in [0.717, 1.165) is 5.92 Å². The van der Waals surface area contributed by atoms with Gasteiger partial charge >= 0.3 is 0 Å². The van der Waals surface area contributed by atoms with Gasteiger partial charge in [-0.25, -0.2) is 0 Å². The predicted molar refractivity (Wildman–Crippen MR) is 66.4 cm³/mol. The molecule has 0 aliphatic heterocycles. The molecule has 2 rings (SSSR count). The van der Waals surface area contributed by atoms with Crippen LogP contribution in [-0.4, -0.2) is 0 Å². The first kappa shape index (κ1) is 11.2. The van der Waals surface area contributed by atoms with E-state index in [9.17, 15) is 0 Å². The number of aryl methyl sites for hydroxylation is 1. The van der Waals surface area contributed by atoms with E-state index in [1.807, 2.05) is 6.92 Å². The molecule has 0 amide bonds. The molecule has 1 aliphatic carbocycles. The van der Waals surface area contributed by atoms with Crippen LogP contribution in [-0.2, 0) is 0 Å². The maximum Gasteiger partial charge on any atom is 0.0700 e. The molecular formula is C15H19N.